The molecule has 0 aromatic rings. The molecular formula is C10H16FN3O3. The monoisotopic (exact) mass is 245 g/mol. The molecule has 2 saturated heterocycles. The molecule has 96 valence electrons. The van der Waals surface area contributed by atoms with E-state index >= 15 is 0 Å². The smallest absolute Gasteiger partial charge is 0.228 e. The Morgan fingerprint density at radius 1 is 1.29 bits per heavy atom. The molecule has 2 aliphatic heterocycles. The fourth-order valence-electron chi connectivity index (χ4n) is 2.32. The van der Waals surface area contributed by atoms with Gasteiger partial charge in [-0.1, -0.05) is 19.0 Å². The Bertz CT molecular complexity index is 331. The zero-order chi connectivity index (χ0) is 12.5. The Kier molecular flexibility index (Phi) is 3.53. The van der Waals surface area contributed by atoms with Crippen molar-refractivity contribution in [2.75, 3.05) is 6.54 Å². The second-order valence-corrected chi connectivity index (χ2v) is 4.22. The highest BCUT2D eigenvalue weighted by molar-refractivity contribution is 4.97. The predicted octanol–water partition coefficient (Wildman–Crippen LogP) is 2.29. The Morgan fingerprint density at radius 3 is 2.53 bits per heavy atom. The van der Waals surface area contributed by atoms with Crippen molar-refractivity contribution in [1.29, 1.82) is 0 Å². The lowest BCUT2D eigenvalue weighted by Gasteiger charge is -2.27. The fraction of sp³-hybridized carbons (Fsp3) is 1.00. The third-order valence-electron chi connectivity index (χ3n) is 3.36. The van der Waals surface area contributed by atoms with Crippen LogP contribution < -0.4 is 0 Å². The number of ether oxygens (including phenoxy) is 3. The first-order chi connectivity index (χ1) is 8.15. The van der Waals surface area contributed by atoms with Gasteiger partial charge in [-0.3, -0.25) is 0 Å². The standard InChI is InChI=1S/C10H16FN3O3/c1-3-10(4-2)16-7-6(5-13-14-12)15-9(11)8(7)17-10/h6-9H,3-5H2,1-2H3/t6-,7-,8-,9+/m1/s1. The second kappa shape index (κ2) is 4.78. The van der Waals surface area contributed by atoms with Gasteiger partial charge in [0.05, 0.1) is 12.6 Å². The minimum atomic E-state index is -1.51. The van der Waals surface area contributed by atoms with E-state index in [1.165, 1.54) is 0 Å². The van der Waals surface area contributed by atoms with Crippen LogP contribution in [0, 0.1) is 0 Å². The summed E-state index contributed by atoms with van der Waals surface area (Å²) >= 11 is 0. The lowest BCUT2D eigenvalue weighted by molar-refractivity contribution is -0.224. The van der Waals surface area contributed by atoms with E-state index in [0.717, 1.165) is 0 Å². The van der Waals surface area contributed by atoms with E-state index in [9.17, 15) is 4.39 Å². The summed E-state index contributed by atoms with van der Waals surface area (Å²) in [6.07, 6.45) is -1.98. The normalized spacial score (nSPS) is 38.8. The summed E-state index contributed by atoms with van der Waals surface area (Å²) in [5.41, 5.74) is 8.26. The van der Waals surface area contributed by atoms with Crippen LogP contribution in [0.1, 0.15) is 26.7 Å². The lowest BCUT2D eigenvalue weighted by atomic mass is 10.1. The minimum absolute atomic E-state index is 0.0605. The van der Waals surface area contributed by atoms with Gasteiger partial charge in [0.2, 0.25) is 6.36 Å². The van der Waals surface area contributed by atoms with Crippen molar-refractivity contribution in [2.24, 2.45) is 5.11 Å². The number of azide groups is 1. The van der Waals surface area contributed by atoms with Gasteiger partial charge in [-0.2, -0.15) is 0 Å². The minimum Gasteiger partial charge on any atom is -0.341 e. The van der Waals surface area contributed by atoms with Gasteiger partial charge in [0.1, 0.15) is 12.2 Å². The van der Waals surface area contributed by atoms with Gasteiger partial charge in [0.15, 0.2) is 5.79 Å². The van der Waals surface area contributed by atoms with Crippen LogP contribution >= 0.6 is 0 Å². The van der Waals surface area contributed by atoms with Crippen molar-refractivity contribution < 1.29 is 18.6 Å². The van der Waals surface area contributed by atoms with Gasteiger partial charge in [-0.15, -0.1) is 0 Å². The summed E-state index contributed by atoms with van der Waals surface area (Å²) in [5, 5.41) is 3.40. The number of nitrogens with zero attached hydrogens (tertiary/aromatic N) is 3. The van der Waals surface area contributed by atoms with Crippen LogP contribution in [0.4, 0.5) is 4.39 Å². The van der Waals surface area contributed by atoms with Crippen molar-refractivity contribution in [3.8, 4) is 0 Å². The van der Waals surface area contributed by atoms with E-state index in [2.05, 4.69) is 10.0 Å². The van der Waals surface area contributed by atoms with Crippen LogP contribution in [0.15, 0.2) is 5.11 Å². The van der Waals surface area contributed by atoms with Crippen LogP contribution in [0.3, 0.4) is 0 Å². The molecule has 0 bridgehead atoms. The largest absolute Gasteiger partial charge is 0.341 e. The first kappa shape index (κ1) is 12.6. The van der Waals surface area contributed by atoms with E-state index in [1.807, 2.05) is 13.8 Å². The molecule has 0 aromatic carbocycles. The highest BCUT2D eigenvalue weighted by atomic mass is 19.1. The van der Waals surface area contributed by atoms with Gasteiger partial charge in [0, 0.05) is 4.91 Å². The highest BCUT2D eigenvalue weighted by Gasteiger charge is 2.57. The Labute approximate surface area is 98.7 Å². The zero-order valence-corrected chi connectivity index (χ0v) is 9.88. The number of alkyl halides is 1. The third-order valence-corrected chi connectivity index (χ3v) is 3.36. The summed E-state index contributed by atoms with van der Waals surface area (Å²) in [5.74, 6) is -0.724. The number of halogens is 1. The molecule has 0 saturated carbocycles. The second-order valence-electron chi connectivity index (χ2n) is 4.22. The molecule has 0 aliphatic carbocycles. The van der Waals surface area contributed by atoms with Crippen LogP contribution in [0.25, 0.3) is 10.4 Å². The number of rotatable bonds is 4. The molecule has 2 heterocycles. The summed E-state index contributed by atoms with van der Waals surface area (Å²) in [4.78, 5) is 2.64. The summed E-state index contributed by atoms with van der Waals surface area (Å²) in [6, 6.07) is 0. The molecule has 2 aliphatic rings. The Balaban J connectivity index is 2.11. The molecule has 0 aromatic heterocycles. The fourth-order valence-corrected chi connectivity index (χ4v) is 2.32. The average molecular weight is 245 g/mol. The van der Waals surface area contributed by atoms with Crippen LogP contribution in [0.5, 0.6) is 0 Å². The maximum atomic E-state index is 13.6. The van der Waals surface area contributed by atoms with E-state index in [-0.39, 0.29) is 6.54 Å². The number of fused-ring (bicyclic) bond motifs is 1. The third kappa shape index (κ3) is 2.11. The van der Waals surface area contributed by atoms with Gasteiger partial charge in [-0.25, -0.2) is 4.39 Å². The Morgan fingerprint density at radius 2 is 1.94 bits per heavy atom. The van der Waals surface area contributed by atoms with Crippen molar-refractivity contribution in [3.05, 3.63) is 10.4 Å². The highest BCUT2D eigenvalue weighted by Crippen LogP contribution is 2.42. The molecule has 17 heavy (non-hydrogen) atoms. The molecule has 0 unspecified atom stereocenters. The Hall–Kier alpha value is -0.880. The van der Waals surface area contributed by atoms with E-state index in [4.69, 9.17) is 19.7 Å². The molecular weight excluding hydrogens is 229 g/mol. The number of hydrogen-bond acceptors (Lipinski definition) is 4. The van der Waals surface area contributed by atoms with Crippen molar-refractivity contribution in [1.82, 2.24) is 0 Å². The molecule has 4 atom stereocenters. The molecule has 0 N–H and O–H groups in total. The summed E-state index contributed by atoms with van der Waals surface area (Å²) in [7, 11) is 0. The van der Waals surface area contributed by atoms with Crippen LogP contribution in [-0.2, 0) is 14.2 Å². The van der Waals surface area contributed by atoms with Gasteiger partial charge >= 0.3 is 0 Å². The lowest BCUT2D eigenvalue weighted by Crippen LogP contribution is -2.34. The zero-order valence-electron chi connectivity index (χ0n) is 9.88. The molecule has 0 radical (unpaired) electrons. The first-order valence-corrected chi connectivity index (χ1v) is 5.82. The topological polar surface area (TPSA) is 76.5 Å². The molecule has 2 rings (SSSR count). The molecule has 6 nitrogen and oxygen atoms in total. The average Bonchev–Trinajstić information content (AvgIpc) is 2.85. The quantitative estimate of drug-likeness (QED) is 0.433. The predicted molar refractivity (Wildman–Crippen MR) is 56.8 cm³/mol. The van der Waals surface area contributed by atoms with Gasteiger partial charge < -0.3 is 14.2 Å². The van der Waals surface area contributed by atoms with Crippen molar-refractivity contribution >= 4 is 0 Å². The molecule has 0 spiro atoms. The first-order valence-electron chi connectivity index (χ1n) is 5.82. The maximum absolute atomic E-state index is 13.6. The van der Waals surface area contributed by atoms with E-state index < -0.39 is 30.5 Å². The van der Waals surface area contributed by atoms with Crippen LogP contribution in [-0.4, -0.2) is 37.0 Å². The summed E-state index contributed by atoms with van der Waals surface area (Å²) in [6.45, 7) is 3.92. The molecule has 0 amide bonds. The van der Waals surface area contributed by atoms with E-state index in [0.29, 0.717) is 12.8 Å². The van der Waals surface area contributed by atoms with E-state index in [1.54, 1.807) is 0 Å². The van der Waals surface area contributed by atoms with Gasteiger partial charge in [0.25, 0.3) is 0 Å². The molecule has 7 heteroatoms. The van der Waals surface area contributed by atoms with Gasteiger partial charge in [-0.05, 0) is 18.4 Å². The maximum Gasteiger partial charge on any atom is 0.228 e. The SMILES string of the molecule is CCC1(CC)O[C@@H]2[C@H](O1)[C@@H](CN=[N+]=[N-])O[C@@H]2F. The van der Waals surface area contributed by atoms with Crippen molar-refractivity contribution in [2.45, 2.75) is 57.1 Å². The van der Waals surface area contributed by atoms with Crippen molar-refractivity contribution in [3.63, 3.8) is 0 Å². The van der Waals surface area contributed by atoms with Crippen LogP contribution in [0.2, 0.25) is 0 Å². The number of hydrogen-bond donors (Lipinski definition) is 0. The molecule has 2 fully saturated rings. The summed E-state index contributed by atoms with van der Waals surface area (Å²) < 4.78 is 30.1.